The van der Waals surface area contributed by atoms with Crippen LogP contribution in [0.5, 0.6) is 0 Å². The van der Waals surface area contributed by atoms with E-state index in [2.05, 4.69) is 32.9 Å². The van der Waals surface area contributed by atoms with Crippen LogP contribution < -0.4 is 5.32 Å². The summed E-state index contributed by atoms with van der Waals surface area (Å²) >= 11 is 2.10. The molecule has 8 heteroatoms. The lowest BCUT2D eigenvalue weighted by atomic mass is 10.1. The summed E-state index contributed by atoms with van der Waals surface area (Å²) in [6, 6.07) is 8.62. The number of halogens is 4. The van der Waals surface area contributed by atoms with Crippen molar-refractivity contribution in [2.75, 3.05) is 5.32 Å². The van der Waals surface area contributed by atoms with E-state index in [1.807, 2.05) is 6.07 Å². The third-order valence-electron chi connectivity index (χ3n) is 3.82. The SMILES string of the molecule is Cc1c(I)cccc1C(=O)Nc1cc(-n2ccnc2)cc(C(F)(F)F)c1. The second-order valence-corrected chi connectivity index (χ2v) is 6.76. The summed E-state index contributed by atoms with van der Waals surface area (Å²) in [5.41, 5.74) is 0.656. The first-order chi connectivity index (χ1) is 12.3. The van der Waals surface area contributed by atoms with Crippen LogP contribution in [-0.4, -0.2) is 15.5 Å². The van der Waals surface area contributed by atoms with Crippen LogP contribution in [0.15, 0.2) is 55.1 Å². The number of aromatic nitrogens is 2. The van der Waals surface area contributed by atoms with Crippen LogP contribution in [-0.2, 0) is 6.18 Å². The van der Waals surface area contributed by atoms with Crippen molar-refractivity contribution in [3.8, 4) is 5.69 Å². The topological polar surface area (TPSA) is 46.9 Å². The third-order valence-corrected chi connectivity index (χ3v) is 4.99. The normalized spacial score (nSPS) is 11.4. The summed E-state index contributed by atoms with van der Waals surface area (Å²) in [5.74, 6) is -0.461. The van der Waals surface area contributed by atoms with Gasteiger partial charge in [-0.25, -0.2) is 4.98 Å². The minimum atomic E-state index is -4.53. The lowest BCUT2D eigenvalue weighted by Crippen LogP contribution is -2.15. The van der Waals surface area contributed by atoms with Crippen LogP contribution in [0.2, 0.25) is 0 Å². The van der Waals surface area contributed by atoms with Gasteiger partial charge in [0.1, 0.15) is 0 Å². The molecule has 26 heavy (non-hydrogen) atoms. The highest BCUT2D eigenvalue weighted by molar-refractivity contribution is 14.1. The summed E-state index contributed by atoms with van der Waals surface area (Å²) in [6.45, 7) is 1.79. The third kappa shape index (κ3) is 3.90. The van der Waals surface area contributed by atoms with E-state index < -0.39 is 17.6 Å². The fourth-order valence-corrected chi connectivity index (χ4v) is 2.96. The number of hydrogen-bond donors (Lipinski definition) is 1. The molecule has 0 atom stereocenters. The molecule has 0 bridgehead atoms. The predicted molar refractivity (Wildman–Crippen MR) is 100 cm³/mol. The summed E-state index contributed by atoms with van der Waals surface area (Å²) < 4.78 is 42.0. The van der Waals surface area contributed by atoms with Crippen molar-refractivity contribution in [2.24, 2.45) is 0 Å². The van der Waals surface area contributed by atoms with Crippen LogP contribution in [0.1, 0.15) is 21.5 Å². The van der Waals surface area contributed by atoms with Gasteiger partial charge in [-0.3, -0.25) is 4.79 Å². The number of alkyl halides is 3. The van der Waals surface area contributed by atoms with Crippen molar-refractivity contribution in [1.29, 1.82) is 0 Å². The van der Waals surface area contributed by atoms with Gasteiger partial charge >= 0.3 is 6.18 Å². The highest BCUT2D eigenvalue weighted by Gasteiger charge is 2.31. The standard InChI is InChI=1S/C18H13F3IN3O/c1-11-15(3-2-4-16(11)22)17(26)24-13-7-12(18(19,20)21)8-14(9-13)25-6-5-23-10-25/h2-10H,1H3,(H,24,26). The fourth-order valence-electron chi connectivity index (χ4n) is 2.46. The van der Waals surface area contributed by atoms with Crippen LogP contribution >= 0.6 is 22.6 Å². The largest absolute Gasteiger partial charge is 0.416 e. The van der Waals surface area contributed by atoms with Gasteiger partial charge in [0.2, 0.25) is 0 Å². The number of hydrogen-bond acceptors (Lipinski definition) is 2. The van der Waals surface area contributed by atoms with Crippen molar-refractivity contribution in [1.82, 2.24) is 9.55 Å². The first kappa shape index (κ1) is 18.4. The van der Waals surface area contributed by atoms with Crippen molar-refractivity contribution in [2.45, 2.75) is 13.1 Å². The minimum absolute atomic E-state index is 0.0618. The number of anilines is 1. The zero-order valence-corrected chi connectivity index (χ0v) is 15.7. The second kappa shape index (κ2) is 7.10. The quantitative estimate of drug-likeness (QED) is 0.544. The molecule has 0 aliphatic carbocycles. The van der Waals surface area contributed by atoms with Gasteiger partial charge < -0.3 is 9.88 Å². The summed E-state index contributed by atoms with van der Waals surface area (Å²) in [4.78, 5) is 16.4. The lowest BCUT2D eigenvalue weighted by Gasteiger charge is -2.14. The predicted octanol–water partition coefficient (Wildman–Crippen LogP) is 5.06. The van der Waals surface area contributed by atoms with Crippen LogP contribution in [0.25, 0.3) is 5.69 Å². The Hall–Kier alpha value is -2.36. The molecule has 0 aliphatic rings. The Morgan fingerprint density at radius 2 is 2.00 bits per heavy atom. The monoisotopic (exact) mass is 471 g/mol. The molecule has 1 amide bonds. The second-order valence-electron chi connectivity index (χ2n) is 5.60. The number of amides is 1. The maximum atomic E-state index is 13.2. The number of nitrogens with zero attached hydrogens (tertiary/aromatic N) is 2. The van der Waals surface area contributed by atoms with E-state index in [0.717, 1.165) is 21.3 Å². The van der Waals surface area contributed by atoms with Crippen molar-refractivity contribution in [3.05, 3.63) is 75.4 Å². The van der Waals surface area contributed by atoms with Crippen molar-refractivity contribution in [3.63, 3.8) is 0 Å². The zero-order chi connectivity index (χ0) is 18.9. The van der Waals surface area contributed by atoms with Gasteiger partial charge in [-0.1, -0.05) is 6.07 Å². The molecule has 1 heterocycles. The van der Waals surface area contributed by atoms with Gasteiger partial charge in [-0.15, -0.1) is 0 Å². The fraction of sp³-hybridized carbons (Fsp3) is 0.111. The smallest absolute Gasteiger partial charge is 0.322 e. The number of carbonyl (C=O) groups excluding carboxylic acids is 1. The molecule has 0 spiro atoms. The molecule has 3 aromatic rings. The number of nitrogens with one attached hydrogen (secondary N) is 1. The van der Waals surface area contributed by atoms with E-state index in [9.17, 15) is 18.0 Å². The average Bonchev–Trinajstić information content (AvgIpc) is 3.11. The van der Waals surface area contributed by atoms with E-state index in [0.29, 0.717) is 5.56 Å². The van der Waals surface area contributed by atoms with Crippen LogP contribution in [0.3, 0.4) is 0 Å². The molecule has 0 saturated carbocycles. The molecule has 4 nitrogen and oxygen atoms in total. The minimum Gasteiger partial charge on any atom is -0.322 e. The van der Waals surface area contributed by atoms with Gasteiger partial charge in [0.25, 0.3) is 5.91 Å². The molecule has 1 aromatic heterocycles. The number of benzene rings is 2. The number of imidazole rings is 1. The van der Waals surface area contributed by atoms with E-state index in [1.165, 1.54) is 29.4 Å². The molecule has 0 saturated heterocycles. The van der Waals surface area contributed by atoms with Crippen molar-refractivity contribution >= 4 is 34.2 Å². The first-order valence-electron chi connectivity index (χ1n) is 7.53. The Balaban J connectivity index is 2.00. The Labute approximate surface area is 161 Å². The van der Waals surface area contributed by atoms with Gasteiger partial charge in [0.05, 0.1) is 11.9 Å². The molecule has 134 valence electrons. The average molecular weight is 471 g/mol. The molecular formula is C18H13F3IN3O. The number of rotatable bonds is 3. The molecular weight excluding hydrogens is 458 g/mol. The molecule has 0 fully saturated rings. The summed E-state index contributed by atoms with van der Waals surface area (Å²) in [7, 11) is 0. The Morgan fingerprint density at radius 1 is 1.23 bits per heavy atom. The van der Waals surface area contributed by atoms with Gasteiger partial charge in [0.15, 0.2) is 0 Å². The molecule has 2 aromatic carbocycles. The van der Waals surface area contributed by atoms with E-state index in [-0.39, 0.29) is 11.4 Å². The van der Waals surface area contributed by atoms with Gasteiger partial charge in [-0.2, -0.15) is 13.2 Å². The Bertz CT molecular complexity index is 953. The summed E-state index contributed by atoms with van der Waals surface area (Å²) in [6.07, 6.45) is -0.141. The maximum Gasteiger partial charge on any atom is 0.416 e. The first-order valence-corrected chi connectivity index (χ1v) is 8.60. The molecule has 0 radical (unpaired) electrons. The van der Waals surface area contributed by atoms with E-state index >= 15 is 0 Å². The van der Waals surface area contributed by atoms with Gasteiger partial charge in [-0.05, 0) is 65.4 Å². The Morgan fingerprint density at radius 3 is 2.65 bits per heavy atom. The van der Waals surface area contributed by atoms with Crippen molar-refractivity contribution < 1.29 is 18.0 Å². The van der Waals surface area contributed by atoms with Crippen LogP contribution in [0, 0.1) is 10.5 Å². The zero-order valence-electron chi connectivity index (χ0n) is 13.5. The molecule has 0 unspecified atom stereocenters. The highest BCUT2D eigenvalue weighted by Crippen LogP contribution is 2.33. The van der Waals surface area contributed by atoms with Gasteiger partial charge in [0, 0.05) is 32.9 Å². The Kier molecular flexibility index (Phi) is 5.03. The molecule has 0 aliphatic heterocycles. The maximum absolute atomic E-state index is 13.2. The number of carbonyl (C=O) groups is 1. The highest BCUT2D eigenvalue weighted by atomic mass is 127. The van der Waals surface area contributed by atoms with Crippen LogP contribution in [0.4, 0.5) is 18.9 Å². The summed E-state index contributed by atoms with van der Waals surface area (Å²) in [5, 5.41) is 2.57. The molecule has 1 N–H and O–H groups in total. The van der Waals surface area contributed by atoms with E-state index in [4.69, 9.17) is 0 Å². The lowest BCUT2D eigenvalue weighted by molar-refractivity contribution is -0.137. The molecule has 3 rings (SSSR count). The van der Waals surface area contributed by atoms with E-state index in [1.54, 1.807) is 19.1 Å².